The number of hydrogen-bond donors (Lipinski definition) is 1. The molecule has 2 aromatic rings. The summed E-state index contributed by atoms with van der Waals surface area (Å²) < 4.78 is 1.75. The van der Waals surface area contributed by atoms with Crippen LogP contribution < -0.4 is 5.32 Å². The van der Waals surface area contributed by atoms with Crippen LogP contribution in [0.4, 0.5) is 5.82 Å². The van der Waals surface area contributed by atoms with Gasteiger partial charge in [-0.05, 0) is 0 Å². The predicted octanol–water partition coefficient (Wildman–Crippen LogP) is 0.277. The molecule has 14 heavy (non-hydrogen) atoms. The van der Waals surface area contributed by atoms with Gasteiger partial charge in [0.15, 0.2) is 11.5 Å². The molecular formula is C8H8N6. The Morgan fingerprint density at radius 2 is 2.29 bits per heavy atom. The molecule has 0 saturated carbocycles. The molecule has 0 spiro atoms. The average molecular weight is 188 g/mol. The average Bonchev–Trinajstić information content (AvgIpc) is 2.59. The largest absolute Gasteiger partial charge is 0.371 e. The molecule has 70 valence electrons. The Kier molecular flexibility index (Phi) is 1.78. The van der Waals surface area contributed by atoms with Gasteiger partial charge in [0, 0.05) is 14.1 Å². The number of anilines is 1. The molecule has 0 saturated heterocycles. The predicted molar refractivity (Wildman–Crippen MR) is 50.6 cm³/mol. The van der Waals surface area contributed by atoms with E-state index in [-0.39, 0.29) is 5.82 Å². The van der Waals surface area contributed by atoms with E-state index in [1.807, 2.05) is 13.1 Å². The molecule has 6 nitrogen and oxygen atoms in total. The smallest absolute Gasteiger partial charge is 0.236 e. The Morgan fingerprint density at radius 3 is 2.93 bits per heavy atom. The summed E-state index contributed by atoms with van der Waals surface area (Å²) in [6, 6.07) is 1.91. The zero-order valence-electron chi connectivity index (χ0n) is 7.81. The molecule has 0 atom stereocenters. The van der Waals surface area contributed by atoms with Gasteiger partial charge in [-0.15, -0.1) is 0 Å². The number of imidazole rings is 1. The van der Waals surface area contributed by atoms with Crippen molar-refractivity contribution < 1.29 is 0 Å². The maximum absolute atomic E-state index is 8.71. The number of rotatable bonds is 1. The molecule has 1 N–H and O–H groups in total. The third-order valence-corrected chi connectivity index (χ3v) is 1.90. The number of aromatic nitrogens is 4. The highest BCUT2D eigenvalue weighted by Crippen LogP contribution is 2.16. The number of nitrogens with zero attached hydrogens (tertiary/aromatic N) is 5. The summed E-state index contributed by atoms with van der Waals surface area (Å²) in [6.45, 7) is 0. The van der Waals surface area contributed by atoms with Crippen LogP contribution in [-0.4, -0.2) is 26.6 Å². The molecule has 0 aliphatic carbocycles. The number of nitrogens with one attached hydrogen (secondary N) is 1. The van der Waals surface area contributed by atoms with Crippen molar-refractivity contribution in [2.75, 3.05) is 12.4 Å². The molecule has 0 aliphatic rings. The van der Waals surface area contributed by atoms with Gasteiger partial charge in [-0.3, -0.25) is 0 Å². The van der Waals surface area contributed by atoms with Crippen LogP contribution in [0.25, 0.3) is 11.2 Å². The zero-order chi connectivity index (χ0) is 10.1. The van der Waals surface area contributed by atoms with Gasteiger partial charge in [-0.2, -0.15) is 15.2 Å². The minimum atomic E-state index is 0.144. The van der Waals surface area contributed by atoms with Crippen molar-refractivity contribution >= 4 is 17.0 Å². The summed E-state index contributed by atoms with van der Waals surface area (Å²) in [4.78, 5) is 12.2. The van der Waals surface area contributed by atoms with Gasteiger partial charge in [0.05, 0.1) is 6.33 Å². The highest BCUT2D eigenvalue weighted by atomic mass is 15.1. The fraction of sp³-hybridized carbons (Fsp3) is 0.250. The molecule has 0 bridgehead atoms. The molecule has 0 fully saturated rings. The van der Waals surface area contributed by atoms with E-state index in [0.29, 0.717) is 17.0 Å². The highest BCUT2D eigenvalue weighted by molar-refractivity contribution is 5.83. The molecule has 0 unspecified atom stereocenters. The van der Waals surface area contributed by atoms with Gasteiger partial charge in [0.1, 0.15) is 11.6 Å². The summed E-state index contributed by atoms with van der Waals surface area (Å²) in [5.41, 5.74) is 1.33. The lowest BCUT2D eigenvalue weighted by atomic mass is 10.4. The van der Waals surface area contributed by atoms with Crippen molar-refractivity contribution in [1.29, 1.82) is 5.26 Å². The summed E-state index contributed by atoms with van der Waals surface area (Å²) in [7, 11) is 3.56. The van der Waals surface area contributed by atoms with Gasteiger partial charge >= 0.3 is 0 Å². The standard InChI is InChI=1S/C8H8N6/c1-10-7-6-8(14(2)4-11-6)13-5(3-9)12-7/h4H,1-2H3,(H,10,12,13). The molecule has 0 aromatic carbocycles. The molecule has 0 aliphatic heterocycles. The maximum atomic E-state index is 8.71. The normalized spacial score (nSPS) is 10.1. The molecule has 6 heteroatoms. The van der Waals surface area contributed by atoms with Crippen LogP contribution >= 0.6 is 0 Å². The van der Waals surface area contributed by atoms with Crippen LogP contribution in [0.5, 0.6) is 0 Å². The van der Waals surface area contributed by atoms with Crippen molar-refractivity contribution in [3.63, 3.8) is 0 Å². The SMILES string of the molecule is CNc1nc(C#N)nc2c1ncn2C. The van der Waals surface area contributed by atoms with Gasteiger partial charge in [-0.1, -0.05) is 0 Å². The van der Waals surface area contributed by atoms with Crippen molar-refractivity contribution in [2.24, 2.45) is 7.05 Å². The minimum absolute atomic E-state index is 0.144. The number of aryl methyl sites for hydroxylation is 1. The fourth-order valence-corrected chi connectivity index (χ4v) is 1.23. The van der Waals surface area contributed by atoms with E-state index in [2.05, 4.69) is 20.3 Å². The monoisotopic (exact) mass is 188 g/mol. The van der Waals surface area contributed by atoms with E-state index < -0.39 is 0 Å². The van der Waals surface area contributed by atoms with Crippen LogP contribution in [0.3, 0.4) is 0 Å². The molecule has 2 aromatic heterocycles. The zero-order valence-corrected chi connectivity index (χ0v) is 7.81. The van der Waals surface area contributed by atoms with Gasteiger partial charge < -0.3 is 9.88 Å². The third-order valence-electron chi connectivity index (χ3n) is 1.90. The van der Waals surface area contributed by atoms with Crippen LogP contribution in [0.1, 0.15) is 5.82 Å². The van der Waals surface area contributed by atoms with E-state index in [0.717, 1.165) is 0 Å². The van der Waals surface area contributed by atoms with E-state index in [4.69, 9.17) is 5.26 Å². The van der Waals surface area contributed by atoms with E-state index >= 15 is 0 Å². The van der Waals surface area contributed by atoms with E-state index in [9.17, 15) is 0 Å². The van der Waals surface area contributed by atoms with Crippen molar-refractivity contribution in [3.8, 4) is 6.07 Å². The first kappa shape index (κ1) is 8.44. The van der Waals surface area contributed by atoms with Crippen molar-refractivity contribution in [3.05, 3.63) is 12.2 Å². The van der Waals surface area contributed by atoms with Crippen LogP contribution in [0, 0.1) is 11.3 Å². The number of hydrogen-bond acceptors (Lipinski definition) is 5. The maximum Gasteiger partial charge on any atom is 0.236 e. The lowest BCUT2D eigenvalue weighted by molar-refractivity contribution is 0.925. The molecular weight excluding hydrogens is 180 g/mol. The number of fused-ring (bicyclic) bond motifs is 1. The first-order chi connectivity index (χ1) is 6.76. The second-order valence-electron chi connectivity index (χ2n) is 2.79. The quantitative estimate of drug-likeness (QED) is 0.695. The Hall–Kier alpha value is -2.16. The van der Waals surface area contributed by atoms with E-state index in [1.54, 1.807) is 17.9 Å². The second kappa shape index (κ2) is 2.96. The Labute approximate surface area is 80.2 Å². The summed E-state index contributed by atoms with van der Waals surface area (Å²) in [5, 5.41) is 11.6. The first-order valence-corrected chi connectivity index (χ1v) is 4.03. The summed E-state index contributed by atoms with van der Waals surface area (Å²) in [6.07, 6.45) is 1.64. The summed E-state index contributed by atoms with van der Waals surface area (Å²) >= 11 is 0. The van der Waals surface area contributed by atoms with Crippen molar-refractivity contribution in [2.45, 2.75) is 0 Å². The molecule has 2 heterocycles. The Balaban J connectivity index is 2.84. The fourth-order valence-electron chi connectivity index (χ4n) is 1.23. The first-order valence-electron chi connectivity index (χ1n) is 4.03. The Morgan fingerprint density at radius 1 is 1.50 bits per heavy atom. The molecule has 2 rings (SSSR count). The van der Waals surface area contributed by atoms with E-state index in [1.165, 1.54) is 0 Å². The topological polar surface area (TPSA) is 79.4 Å². The van der Waals surface area contributed by atoms with Crippen LogP contribution in [0.2, 0.25) is 0 Å². The second-order valence-corrected chi connectivity index (χ2v) is 2.79. The third kappa shape index (κ3) is 1.07. The number of nitriles is 1. The molecule has 0 amide bonds. The molecule has 0 radical (unpaired) electrons. The highest BCUT2D eigenvalue weighted by Gasteiger charge is 2.09. The van der Waals surface area contributed by atoms with Gasteiger partial charge in [-0.25, -0.2) is 4.98 Å². The summed E-state index contributed by atoms with van der Waals surface area (Å²) in [5.74, 6) is 0.720. The van der Waals surface area contributed by atoms with Crippen molar-refractivity contribution in [1.82, 2.24) is 19.5 Å². The van der Waals surface area contributed by atoms with Gasteiger partial charge in [0.2, 0.25) is 5.82 Å². The Bertz CT molecular complexity index is 520. The minimum Gasteiger partial charge on any atom is -0.371 e. The lowest BCUT2D eigenvalue weighted by Crippen LogP contribution is -2.00. The van der Waals surface area contributed by atoms with Gasteiger partial charge in [0.25, 0.3) is 0 Å². The lowest BCUT2D eigenvalue weighted by Gasteiger charge is -2.00. The van der Waals surface area contributed by atoms with Crippen LogP contribution in [0.15, 0.2) is 6.33 Å². The van der Waals surface area contributed by atoms with Crippen LogP contribution in [-0.2, 0) is 7.05 Å².